The molecule has 1 aromatic heterocycles. The van der Waals surface area contributed by atoms with Crippen molar-refractivity contribution in [1.29, 1.82) is 5.26 Å². The minimum absolute atomic E-state index is 0.0234. The molecule has 2 fully saturated rings. The van der Waals surface area contributed by atoms with Gasteiger partial charge in [0.2, 0.25) is 0 Å². The van der Waals surface area contributed by atoms with E-state index in [0.29, 0.717) is 34.4 Å². The Balaban J connectivity index is 1.34. The van der Waals surface area contributed by atoms with Crippen molar-refractivity contribution >= 4 is 17.5 Å². The summed E-state index contributed by atoms with van der Waals surface area (Å²) in [6.45, 7) is 9.06. The molecule has 2 aliphatic carbocycles. The monoisotopic (exact) mass is 501 g/mol. The van der Waals surface area contributed by atoms with Crippen LogP contribution in [0.15, 0.2) is 30.3 Å². The Kier molecular flexibility index (Phi) is 6.26. The third kappa shape index (κ3) is 4.14. The topological polar surface area (TPSA) is 66.2 Å². The summed E-state index contributed by atoms with van der Waals surface area (Å²) < 4.78 is 6.41. The number of ether oxygens (including phenoxy) is 1. The summed E-state index contributed by atoms with van der Waals surface area (Å²) in [5.41, 5.74) is 2.05. The van der Waals surface area contributed by atoms with Crippen LogP contribution in [0.25, 0.3) is 0 Å². The zero-order chi connectivity index (χ0) is 25.7. The molecule has 0 radical (unpaired) electrons. The predicted octanol–water partition coefficient (Wildman–Crippen LogP) is 6.38. The number of carbonyl (C=O) groups excluding carboxylic acids is 1. The molecule has 1 amide bonds. The average Bonchev–Trinajstić information content (AvgIpc) is 3.16. The van der Waals surface area contributed by atoms with E-state index in [4.69, 9.17) is 26.6 Å². The Morgan fingerprint density at radius 1 is 1.08 bits per heavy atom. The molecule has 5 nitrogen and oxygen atoms in total. The van der Waals surface area contributed by atoms with Crippen LogP contribution in [-0.4, -0.2) is 27.9 Å². The van der Waals surface area contributed by atoms with E-state index in [9.17, 15) is 4.79 Å². The summed E-state index contributed by atoms with van der Waals surface area (Å²) in [5.74, 6) is 7.79. The molecule has 0 atom stereocenters. The third-order valence-electron chi connectivity index (χ3n) is 8.18. The molecule has 0 spiro atoms. The number of nitrogens with zero attached hydrogens (tertiary/aromatic N) is 3. The lowest BCUT2D eigenvalue weighted by Crippen LogP contribution is -2.74. The number of hydrogen-bond donors (Lipinski definition) is 0. The summed E-state index contributed by atoms with van der Waals surface area (Å²) in [6, 6.07) is 11.0. The van der Waals surface area contributed by atoms with Gasteiger partial charge in [-0.15, -0.1) is 0 Å². The van der Waals surface area contributed by atoms with Crippen molar-refractivity contribution in [2.75, 3.05) is 0 Å². The van der Waals surface area contributed by atoms with E-state index >= 15 is 0 Å². The van der Waals surface area contributed by atoms with Gasteiger partial charge in [-0.25, -0.2) is 4.98 Å². The van der Waals surface area contributed by atoms with E-state index in [1.54, 1.807) is 18.2 Å². The first-order valence-electron chi connectivity index (χ1n) is 12.8. The highest BCUT2D eigenvalue weighted by atomic mass is 35.5. The van der Waals surface area contributed by atoms with Gasteiger partial charge in [-0.05, 0) is 43.0 Å². The fraction of sp³-hybridized carbons (Fsp3) is 0.500. The maximum atomic E-state index is 13.5. The molecule has 2 aromatic rings. The number of nitriles is 1. The molecular weight excluding hydrogens is 470 g/mol. The van der Waals surface area contributed by atoms with Gasteiger partial charge in [-0.1, -0.05) is 64.5 Å². The Bertz CT molecular complexity index is 1290. The molecule has 186 valence electrons. The number of benzene rings is 1. The average molecular weight is 502 g/mol. The van der Waals surface area contributed by atoms with Crippen molar-refractivity contribution in [2.45, 2.75) is 78.5 Å². The highest BCUT2D eigenvalue weighted by Crippen LogP contribution is 2.59. The summed E-state index contributed by atoms with van der Waals surface area (Å²) in [7, 11) is 0. The zero-order valence-electron chi connectivity index (χ0n) is 21.4. The summed E-state index contributed by atoms with van der Waals surface area (Å²) in [4.78, 5) is 20.2. The number of fused-ring (bicyclic) bond motifs is 1. The van der Waals surface area contributed by atoms with Crippen LogP contribution >= 0.6 is 11.6 Å². The number of amides is 1. The molecule has 1 aliphatic heterocycles. The molecule has 0 bridgehead atoms. The Labute approximate surface area is 218 Å². The SMILES string of the molecule is CC1(C)C(Oc2ccc(C#N)c(Cl)c2)C(C)(C)C1N1Cc2nc(C#CC3CCCCC3)ccc2C1=O. The molecule has 36 heavy (non-hydrogen) atoms. The first-order valence-corrected chi connectivity index (χ1v) is 13.2. The minimum Gasteiger partial charge on any atom is -0.489 e. The van der Waals surface area contributed by atoms with E-state index in [0.717, 1.165) is 11.4 Å². The Hall–Kier alpha value is -3.02. The van der Waals surface area contributed by atoms with Gasteiger partial charge in [0.25, 0.3) is 5.91 Å². The van der Waals surface area contributed by atoms with E-state index in [1.807, 2.05) is 17.0 Å². The van der Waals surface area contributed by atoms with Crippen LogP contribution < -0.4 is 4.74 Å². The van der Waals surface area contributed by atoms with Gasteiger partial charge in [-0.3, -0.25) is 4.79 Å². The van der Waals surface area contributed by atoms with Crippen molar-refractivity contribution in [3.8, 4) is 23.7 Å². The normalized spacial score (nSPS) is 24.2. The number of pyridine rings is 1. The van der Waals surface area contributed by atoms with Crippen LogP contribution in [-0.2, 0) is 6.54 Å². The zero-order valence-corrected chi connectivity index (χ0v) is 22.2. The lowest BCUT2D eigenvalue weighted by atomic mass is 9.49. The van der Waals surface area contributed by atoms with Crippen molar-refractivity contribution in [3.63, 3.8) is 0 Å². The quantitative estimate of drug-likeness (QED) is 0.458. The van der Waals surface area contributed by atoms with Gasteiger partial charge in [0, 0.05) is 28.9 Å². The smallest absolute Gasteiger partial charge is 0.256 e. The summed E-state index contributed by atoms with van der Waals surface area (Å²) in [5, 5.41) is 9.53. The fourth-order valence-electron chi connectivity index (χ4n) is 6.92. The van der Waals surface area contributed by atoms with Crippen molar-refractivity contribution < 1.29 is 9.53 Å². The molecule has 2 heterocycles. The van der Waals surface area contributed by atoms with E-state index in [-0.39, 0.29) is 28.9 Å². The highest BCUT2D eigenvalue weighted by molar-refractivity contribution is 6.31. The second-order valence-electron chi connectivity index (χ2n) is 11.5. The first kappa shape index (κ1) is 24.7. The van der Waals surface area contributed by atoms with Gasteiger partial charge < -0.3 is 9.64 Å². The predicted molar refractivity (Wildman–Crippen MR) is 139 cm³/mol. The number of rotatable bonds is 3. The molecule has 0 unspecified atom stereocenters. The van der Waals surface area contributed by atoms with Gasteiger partial charge in [0.1, 0.15) is 23.6 Å². The van der Waals surface area contributed by atoms with E-state index in [2.05, 4.69) is 45.6 Å². The lowest BCUT2D eigenvalue weighted by Gasteiger charge is -2.65. The van der Waals surface area contributed by atoms with Crippen LogP contribution in [0.5, 0.6) is 5.75 Å². The number of carbonyl (C=O) groups is 1. The second-order valence-corrected chi connectivity index (χ2v) is 11.9. The molecule has 0 N–H and O–H groups in total. The van der Waals surface area contributed by atoms with Crippen molar-refractivity contribution in [1.82, 2.24) is 9.88 Å². The van der Waals surface area contributed by atoms with E-state index in [1.165, 1.54) is 32.1 Å². The second kappa shape index (κ2) is 9.13. The van der Waals surface area contributed by atoms with Crippen LogP contribution in [0.4, 0.5) is 0 Å². The summed E-state index contributed by atoms with van der Waals surface area (Å²) in [6.07, 6.45) is 6.04. The fourth-order valence-corrected chi connectivity index (χ4v) is 7.13. The number of hydrogen-bond acceptors (Lipinski definition) is 4. The van der Waals surface area contributed by atoms with Gasteiger partial charge in [0.15, 0.2) is 0 Å². The molecular formula is C30H32ClN3O2. The maximum Gasteiger partial charge on any atom is 0.256 e. The highest BCUT2D eigenvalue weighted by Gasteiger charge is 2.67. The molecule has 3 aliphatic rings. The molecule has 6 heteroatoms. The lowest BCUT2D eigenvalue weighted by molar-refractivity contribution is -0.199. The Morgan fingerprint density at radius 3 is 2.47 bits per heavy atom. The van der Waals surface area contributed by atoms with Gasteiger partial charge in [-0.2, -0.15) is 5.26 Å². The molecule has 1 aromatic carbocycles. The number of aromatic nitrogens is 1. The number of halogens is 1. The molecule has 5 rings (SSSR count). The standard InChI is InChI=1S/C30H32ClN3O2/c1-29(2)27(30(3,4)28(29)36-22-14-11-20(17-32)24(31)16-22)34-18-25-23(26(34)35)15-13-21(33-25)12-10-19-8-6-5-7-9-19/h11,13-16,19,27-28H,5-9,18H2,1-4H3. The first-order chi connectivity index (χ1) is 17.1. The maximum absolute atomic E-state index is 13.5. The van der Waals surface area contributed by atoms with Crippen LogP contribution in [0.3, 0.4) is 0 Å². The van der Waals surface area contributed by atoms with Gasteiger partial charge >= 0.3 is 0 Å². The van der Waals surface area contributed by atoms with E-state index < -0.39 is 0 Å². The van der Waals surface area contributed by atoms with Crippen LogP contribution in [0.2, 0.25) is 5.02 Å². The summed E-state index contributed by atoms with van der Waals surface area (Å²) >= 11 is 6.23. The Morgan fingerprint density at radius 2 is 1.81 bits per heavy atom. The molecule has 0 saturated heterocycles. The third-order valence-corrected chi connectivity index (χ3v) is 8.50. The molecule has 2 saturated carbocycles. The minimum atomic E-state index is -0.300. The van der Waals surface area contributed by atoms with Crippen molar-refractivity contribution in [3.05, 3.63) is 57.9 Å². The van der Waals surface area contributed by atoms with Gasteiger partial charge in [0.05, 0.1) is 28.4 Å². The van der Waals surface area contributed by atoms with Crippen LogP contribution in [0.1, 0.15) is 87.1 Å². The largest absolute Gasteiger partial charge is 0.489 e. The van der Waals surface area contributed by atoms with Crippen molar-refractivity contribution in [2.24, 2.45) is 16.7 Å². The van der Waals surface area contributed by atoms with Crippen LogP contribution in [0, 0.1) is 39.9 Å².